The summed E-state index contributed by atoms with van der Waals surface area (Å²) in [6.45, 7) is 1.66. The van der Waals surface area contributed by atoms with Crippen molar-refractivity contribution >= 4 is 109 Å². The van der Waals surface area contributed by atoms with Crippen molar-refractivity contribution in [3.63, 3.8) is 0 Å². The van der Waals surface area contributed by atoms with Crippen LogP contribution >= 0.6 is 0 Å². The molecule has 0 amide bonds. The van der Waals surface area contributed by atoms with Crippen LogP contribution in [-0.4, -0.2) is 114 Å². The van der Waals surface area contributed by atoms with Gasteiger partial charge in [0.25, 0.3) is 0 Å². The van der Waals surface area contributed by atoms with E-state index in [1.165, 1.54) is 6.08 Å². The second kappa shape index (κ2) is 12.2. The number of aliphatic carboxylic acids is 1. The summed E-state index contributed by atoms with van der Waals surface area (Å²) in [7, 11) is 0. The maximum atomic E-state index is 9.51. The zero-order chi connectivity index (χ0) is 4.99. The number of carboxylic acids is 1. The summed E-state index contributed by atoms with van der Waals surface area (Å²) in [5.74, 6) is -0.891. The topological polar surface area (TPSA) is 37.3 Å². The van der Waals surface area contributed by atoms with Crippen LogP contribution in [-0.2, 0) is 4.79 Å². The minimum absolute atomic E-state index is 0. The number of hydrogen-bond acceptors (Lipinski definition) is 1. The molecule has 2 radical (unpaired) electrons. The molecular formula is C4H6K2O2. The van der Waals surface area contributed by atoms with Crippen molar-refractivity contribution in [1.29, 1.82) is 0 Å². The first-order valence-electron chi connectivity index (χ1n) is 1.63. The molecule has 0 rings (SSSR count). The average molecular weight is 164 g/mol. The SMILES string of the molecule is CC=CC(=O)O.[K].[K]. The fourth-order valence-corrected chi connectivity index (χ4v) is 0.143. The molecule has 0 aromatic rings. The Bertz CT molecular complexity index is 80.1. The molecular weight excluding hydrogens is 158 g/mol. The van der Waals surface area contributed by atoms with Gasteiger partial charge in [-0.25, -0.2) is 4.79 Å². The van der Waals surface area contributed by atoms with Crippen molar-refractivity contribution in [2.75, 3.05) is 0 Å². The molecule has 0 aromatic carbocycles. The quantitative estimate of drug-likeness (QED) is 0.433. The molecule has 4 heteroatoms. The Morgan fingerprint density at radius 1 is 1.50 bits per heavy atom. The zero-order valence-corrected chi connectivity index (χ0v) is 11.8. The van der Waals surface area contributed by atoms with E-state index in [9.17, 15) is 4.79 Å². The molecule has 0 saturated carbocycles. The van der Waals surface area contributed by atoms with Crippen LogP contribution in [0, 0.1) is 0 Å². The van der Waals surface area contributed by atoms with Gasteiger partial charge in [0.05, 0.1) is 0 Å². The van der Waals surface area contributed by atoms with Gasteiger partial charge in [0.15, 0.2) is 0 Å². The Labute approximate surface area is 134 Å². The minimum Gasteiger partial charge on any atom is -0.478 e. The molecule has 1 N–H and O–H groups in total. The molecule has 0 fully saturated rings. The van der Waals surface area contributed by atoms with Crippen LogP contribution in [0.4, 0.5) is 0 Å². The van der Waals surface area contributed by atoms with E-state index in [1.54, 1.807) is 6.92 Å². The van der Waals surface area contributed by atoms with E-state index >= 15 is 0 Å². The first-order valence-corrected chi connectivity index (χ1v) is 1.63. The van der Waals surface area contributed by atoms with E-state index in [-0.39, 0.29) is 103 Å². The maximum Gasteiger partial charge on any atom is 0.327 e. The van der Waals surface area contributed by atoms with Crippen molar-refractivity contribution in [3.05, 3.63) is 12.2 Å². The zero-order valence-electron chi connectivity index (χ0n) is 5.51. The molecule has 0 aliphatic carbocycles. The van der Waals surface area contributed by atoms with Crippen molar-refractivity contribution in [1.82, 2.24) is 0 Å². The van der Waals surface area contributed by atoms with Crippen LogP contribution in [0.1, 0.15) is 6.92 Å². The number of rotatable bonds is 1. The third kappa shape index (κ3) is 15.8. The summed E-state index contributed by atoms with van der Waals surface area (Å²) >= 11 is 0. The van der Waals surface area contributed by atoms with Gasteiger partial charge in [0, 0.05) is 109 Å². The Kier molecular flexibility index (Phi) is 25.6. The van der Waals surface area contributed by atoms with E-state index in [0.29, 0.717) is 0 Å². The Balaban J connectivity index is -0.000000125. The molecule has 0 aliphatic rings. The van der Waals surface area contributed by atoms with Crippen LogP contribution in [0.15, 0.2) is 12.2 Å². The molecule has 0 saturated heterocycles. The van der Waals surface area contributed by atoms with E-state index < -0.39 is 5.97 Å². The molecule has 0 atom stereocenters. The van der Waals surface area contributed by atoms with Crippen molar-refractivity contribution < 1.29 is 9.90 Å². The molecule has 0 aromatic heterocycles. The third-order valence-electron chi connectivity index (χ3n) is 0.309. The van der Waals surface area contributed by atoms with Gasteiger partial charge in [-0.15, -0.1) is 0 Å². The van der Waals surface area contributed by atoms with E-state index in [0.717, 1.165) is 6.08 Å². The molecule has 36 valence electrons. The Morgan fingerprint density at radius 3 is 1.88 bits per heavy atom. The molecule has 2 nitrogen and oxygen atoms in total. The standard InChI is InChI=1S/C4H6O2.2K/c1-2-3-4(5)6;;/h2-3H,1H3,(H,5,6);;. The van der Waals surface area contributed by atoms with Crippen LogP contribution in [0.25, 0.3) is 0 Å². The van der Waals surface area contributed by atoms with Gasteiger partial charge in [-0.3, -0.25) is 0 Å². The van der Waals surface area contributed by atoms with E-state index in [4.69, 9.17) is 5.11 Å². The van der Waals surface area contributed by atoms with Gasteiger partial charge in [0.1, 0.15) is 0 Å². The predicted octanol–water partition coefficient (Wildman–Crippen LogP) is -0.115. The van der Waals surface area contributed by atoms with E-state index in [2.05, 4.69) is 0 Å². The van der Waals surface area contributed by atoms with Gasteiger partial charge in [-0.05, 0) is 6.92 Å². The fourth-order valence-electron chi connectivity index (χ4n) is 0.143. The molecule has 0 unspecified atom stereocenters. The van der Waals surface area contributed by atoms with Crippen molar-refractivity contribution in [2.24, 2.45) is 0 Å². The van der Waals surface area contributed by atoms with Crippen LogP contribution in [0.2, 0.25) is 0 Å². The number of carboxylic acid groups (broad SMARTS) is 1. The number of allylic oxidation sites excluding steroid dienone is 1. The summed E-state index contributed by atoms with van der Waals surface area (Å²) in [6.07, 6.45) is 2.56. The summed E-state index contributed by atoms with van der Waals surface area (Å²) in [5, 5.41) is 7.83. The minimum atomic E-state index is -0.891. The number of carbonyl (C=O) groups is 1. The summed E-state index contributed by atoms with van der Waals surface area (Å²) in [4.78, 5) is 9.51. The van der Waals surface area contributed by atoms with E-state index in [1.807, 2.05) is 0 Å². The summed E-state index contributed by atoms with van der Waals surface area (Å²) in [6, 6.07) is 0. The molecule has 0 spiro atoms. The van der Waals surface area contributed by atoms with Gasteiger partial charge in [-0.2, -0.15) is 0 Å². The third-order valence-corrected chi connectivity index (χ3v) is 0.309. The van der Waals surface area contributed by atoms with Crippen LogP contribution < -0.4 is 0 Å². The van der Waals surface area contributed by atoms with Gasteiger partial charge in [-0.1, -0.05) is 6.08 Å². The largest absolute Gasteiger partial charge is 0.478 e. The summed E-state index contributed by atoms with van der Waals surface area (Å²) in [5.41, 5.74) is 0. The summed E-state index contributed by atoms with van der Waals surface area (Å²) < 4.78 is 0. The van der Waals surface area contributed by atoms with Gasteiger partial charge in [0.2, 0.25) is 0 Å². The van der Waals surface area contributed by atoms with Gasteiger partial charge < -0.3 is 5.11 Å². The fraction of sp³-hybridized carbons (Fsp3) is 0.250. The normalized spacial score (nSPS) is 7.12. The Morgan fingerprint density at radius 2 is 1.88 bits per heavy atom. The molecule has 0 bridgehead atoms. The first kappa shape index (κ1) is 16.8. The molecule has 0 heterocycles. The number of hydrogen-bond donors (Lipinski definition) is 1. The second-order valence-corrected chi connectivity index (χ2v) is 0.838. The van der Waals surface area contributed by atoms with Gasteiger partial charge >= 0.3 is 5.97 Å². The molecule has 8 heavy (non-hydrogen) atoms. The first-order chi connectivity index (χ1) is 2.77. The van der Waals surface area contributed by atoms with Crippen molar-refractivity contribution in [3.8, 4) is 0 Å². The predicted molar refractivity (Wildman–Crippen MR) is 34.0 cm³/mol. The van der Waals surface area contributed by atoms with Crippen LogP contribution in [0.5, 0.6) is 0 Å². The molecule has 0 aliphatic heterocycles. The van der Waals surface area contributed by atoms with Crippen LogP contribution in [0.3, 0.4) is 0 Å². The Hall–Kier alpha value is 2.48. The second-order valence-electron chi connectivity index (χ2n) is 0.838. The average Bonchev–Trinajstić information content (AvgIpc) is 1.35. The van der Waals surface area contributed by atoms with Crippen molar-refractivity contribution in [2.45, 2.75) is 6.92 Å². The smallest absolute Gasteiger partial charge is 0.327 e. The monoisotopic (exact) mass is 164 g/mol. The maximum absolute atomic E-state index is 9.51.